The number of hydrogen-bond acceptors (Lipinski definition) is 1. The minimum atomic E-state index is -0.469. The van der Waals surface area contributed by atoms with E-state index in [4.69, 9.17) is 0 Å². The summed E-state index contributed by atoms with van der Waals surface area (Å²) in [6.07, 6.45) is 3.59. The molecule has 1 unspecified atom stereocenters. The van der Waals surface area contributed by atoms with Gasteiger partial charge in [0.05, 0.1) is 12.2 Å². The number of nitrogens with one attached hydrogen (secondary N) is 1. The van der Waals surface area contributed by atoms with Crippen molar-refractivity contribution in [2.45, 2.75) is 19.2 Å². The van der Waals surface area contributed by atoms with Crippen molar-refractivity contribution in [3.63, 3.8) is 0 Å². The Labute approximate surface area is 155 Å². The monoisotopic (exact) mass is 347 g/mol. The van der Waals surface area contributed by atoms with E-state index in [9.17, 15) is 5.11 Å². The number of hydrogen-bond donors (Lipinski definition) is 2. The number of aliphatic hydroxyl groups is 1. The molecule has 26 heavy (non-hydrogen) atoms. The van der Waals surface area contributed by atoms with Crippen molar-refractivity contribution in [1.82, 2.24) is 4.57 Å². The van der Waals surface area contributed by atoms with Gasteiger partial charge in [0, 0.05) is 12.7 Å². The molecule has 0 bridgehead atoms. The zero-order valence-electron chi connectivity index (χ0n) is 15.1. The van der Waals surface area contributed by atoms with E-state index in [1.807, 2.05) is 42.5 Å². The van der Waals surface area contributed by atoms with Crippen molar-refractivity contribution in [2.75, 3.05) is 13.1 Å². The van der Waals surface area contributed by atoms with Crippen molar-refractivity contribution >= 4 is 0 Å². The highest BCUT2D eigenvalue weighted by Gasteiger charge is 2.17. The molecule has 134 valence electrons. The molecule has 0 saturated heterocycles. The quantitative estimate of drug-likeness (QED) is 0.573. The van der Waals surface area contributed by atoms with Gasteiger partial charge >= 0.3 is 0 Å². The number of rotatable bonds is 9. The minimum Gasteiger partial charge on any atom is -0.382 e. The SMILES string of the molecule is C=CC[NH+](Cc1cccn1Cc1ccccc1)C[C@H](O)c1ccccc1. The van der Waals surface area contributed by atoms with Crippen molar-refractivity contribution in [3.8, 4) is 0 Å². The number of nitrogens with zero attached hydrogens (tertiary/aromatic N) is 1. The van der Waals surface area contributed by atoms with Crippen molar-refractivity contribution in [2.24, 2.45) is 0 Å². The molecule has 0 aliphatic carbocycles. The van der Waals surface area contributed by atoms with Crippen molar-refractivity contribution in [3.05, 3.63) is 108 Å². The van der Waals surface area contributed by atoms with Crippen LogP contribution in [0.4, 0.5) is 0 Å². The molecule has 0 radical (unpaired) electrons. The molecule has 1 aromatic heterocycles. The van der Waals surface area contributed by atoms with E-state index >= 15 is 0 Å². The van der Waals surface area contributed by atoms with E-state index in [1.165, 1.54) is 16.2 Å². The third kappa shape index (κ3) is 4.94. The van der Waals surface area contributed by atoms with Gasteiger partial charge in [-0.25, -0.2) is 0 Å². The van der Waals surface area contributed by atoms with E-state index in [0.717, 1.165) is 25.2 Å². The van der Waals surface area contributed by atoms with E-state index in [2.05, 4.69) is 53.7 Å². The maximum absolute atomic E-state index is 10.6. The maximum Gasteiger partial charge on any atom is 0.128 e. The largest absolute Gasteiger partial charge is 0.382 e. The Morgan fingerprint density at radius 1 is 0.962 bits per heavy atom. The van der Waals surface area contributed by atoms with E-state index in [1.54, 1.807) is 0 Å². The molecule has 1 heterocycles. The van der Waals surface area contributed by atoms with Gasteiger partial charge in [0.15, 0.2) is 0 Å². The molecule has 3 heteroatoms. The van der Waals surface area contributed by atoms with Crippen LogP contribution in [0.1, 0.15) is 22.9 Å². The molecule has 0 aliphatic heterocycles. The predicted molar refractivity (Wildman–Crippen MR) is 106 cm³/mol. The first-order valence-electron chi connectivity index (χ1n) is 9.11. The Morgan fingerprint density at radius 2 is 1.65 bits per heavy atom. The highest BCUT2D eigenvalue weighted by Crippen LogP contribution is 2.10. The lowest BCUT2D eigenvalue weighted by Gasteiger charge is -2.22. The van der Waals surface area contributed by atoms with E-state index in [-0.39, 0.29) is 0 Å². The summed E-state index contributed by atoms with van der Waals surface area (Å²) in [5.41, 5.74) is 3.53. The van der Waals surface area contributed by atoms with Crippen LogP contribution in [0.2, 0.25) is 0 Å². The third-order valence-electron chi connectivity index (χ3n) is 4.65. The molecule has 3 rings (SSSR count). The van der Waals surface area contributed by atoms with Gasteiger partial charge in [0.25, 0.3) is 0 Å². The molecular weight excluding hydrogens is 320 g/mol. The fraction of sp³-hybridized carbons (Fsp3) is 0.217. The fourth-order valence-corrected chi connectivity index (χ4v) is 3.30. The summed E-state index contributed by atoms with van der Waals surface area (Å²) in [7, 11) is 0. The van der Waals surface area contributed by atoms with Crippen LogP contribution < -0.4 is 4.90 Å². The summed E-state index contributed by atoms with van der Waals surface area (Å²) in [4.78, 5) is 1.30. The van der Waals surface area contributed by atoms with Crippen LogP contribution in [0.15, 0.2) is 91.6 Å². The fourth-order valence-electron chi connectivity index (χ4n) is 3.30. The highest BCUT2D eigenvalue weighted by atomic mass is 16.3. The number of benzene rings is 2. The number of quaternary nitrogens is 1. The summed E-state index contributed by atoms with van der Waals surface area (Å²) in [6.45, 7) is 7.09. The second-order valence-electron chi connectivity index (χ2n) is 6.66. The Balaban J connectivity index is 1.68. The van der Waals surface area contributed by atoms with Crippen molar-refractivity contribution < 1.29 is 10.0 Å². The standard InChI is InChI=1S/C23H26N2O/c1-2-15-24(19-23(26)21-12-7-4-8-13-21)18-22-14-9-16-25(22)17-20-10-5-3-6-11-20/h2-14,16,23,26H,1,15,17-19H2/p+1/t23-/m0/s1. The van der Waals surface area contributed by atoms with Gasteiger partial charge in [0.1, 0.15) is 19.2 Å². The van der Waals surface area contributed by atoms with E-state index in [0.29, 0.717) is 6.54 Å². The summed E-state index contributed by atoms with van der Waals surface area (Å²) in [5, 5.41) is 10.6. The lowest BCUT2D eigenvalue weighted by molar-refractivity contribution is -0.912. The predicted octanol–water partition coefficient (Wildman–Crippen LogP) is 2.84. The molecule has 0 fully saturated rings. The molecule has 3 aromatic rings. The first kappa shape index (κ1) is 18.2. The van der Waals surface area contributed by atoms with Crippen LogP contribution in [0, 0.1) is 0 Å². The normalized spacial score (nSPS) is 13.3. The van der Waals surface area contributed by atoms with Gasteiger partial charge in [-0.15, -0.1) is 0 Å². The van der Waals surface area contributed by atoms with E-state index < -0.39 is 6.10 Å². The van der Waals surface area contributed by atoms with Crippen LogP contribution in [0.5, 0.6) is 0 Å². The highest BCUT2D eigenvalue weighted by molar-refractivity contribution is 5.18. The second kappa shape index (κ2) is 9.18. The summed E-state index contributed by atoms with van der Waals surface area (Å²) >= 11 is 0. The lowest BCUT2D eigenvalue weighted by Crippen LogP contribution is -3.11. The van der Waals surface area contributed by atoms with Crippen LogP contribution in [0.25, 0.3) is 0 Å². The summed E-state index contributed by atoms with van der Waals surface area (Å²) in [6, 6.07) is 24.6. The van der Waals surface area contributed by atoms with Gasteiger partial charge in [-0.1, -0.05) is 67.2 Å². The lowest BCUT2D eigenvalue weighted by atomic mass is 10.1. The maximum atomic E-state index is 10.6. The molecular formula is C23H27N2O+. The average molecular weight is 347 g/mol. The Bertz CT molecular complexity index is 795. The van der Waals surface area contributed by atoms with Gasteiger partial charge in [0.2, 0.25) is 0 Å². The molecule has 0 saturated carbocycles. The summed E-state index contributed by atoms with van der Waals surface area (Å²) in [5.74, 6) is 0. The molecule has 0 amide bonds. The Morgan fingerprint density at radius 3 is 2.35 bits per heavy atom. The zero-order chi connectivity index (χ0) is 18.2. The van der Waals surface area contributed by atoms with Gasteiger partial charge in [-0.05, 0) is 29.3 Å². The van der Waals surface area contributed by atoms with Crippen molar-refractivity contribution in [1.29, 1.82) is 0 Å². The average Bonchev–Trinajstić information content (AvgIpc) is 3.10. The van der Waals surface area contributed by atoms with Crippen LogP contribution >= 0.6 is 0 Å². The Kier molecular flexibility index (Phi) is 6.42. The van der Waals surface area contributed by atoms with Gasteiger partial charge in [-0.3, -0.25) is 0 Å². The van der Waals surface area contributed by atoms with Gasteiger partial charge in [-0.2, -0.15) is 0 Å². The summed E-state index contributed by atoms with van der Waals surface area (Å²) < 4.78 is 2.29. The van der Waals surface area contributed by atoms with Gasteiger partial charge < -0.3 is 14.6 Å². The Hall–Kier alpha value is -2.62. The first-order chi connectivity index (χ1) is 12.8. The third-order valence-corrected chi connectivity index (χ3v) is 4.65. The molecule has 0 spiro atoms. The second-order valence-corrected chi connectivity index (χ2v) is 6.66. The molecule has 3 nitrogen and oxygen atoms in total. The smallest absolute Gasteiger partial charge is 0.128 e. The molecule has 2 aromatic carbocycles. The molecule has 0 aliphatic rings. The number of aromatic nitrogens is 1. The topological polar surface area (TPSA) is 29.6 Å². The van der Waals surface area contributed by atoms with Crippen LogP contribution in [-0.4, -0.2) is 22.8 Å². The minimum absolute atomic E-state index is 0.469. The van der Waals surface area contributed by atoms with Crippen LogP contribution in [0.3, 0.4) is 0 Å². The zero-order valence-corrected chi connectivity index (χ0v) is 15.1. The number of aliphatic hydroxyl groups excluding tert-OH is 1. The molecule has 2 N–H and O–H groups in total. The van der Waals surface area contributed by atoms with Crippen LogP contribution in [-0.2, 0) is 13.1 Å². The first-order valence-corrected chi connectivity index (χ1v) is 9.11. The molecule has 2 atom stereocenters.